The summed E-state index contributed by atoms with van der Waals surface area (Å²) >= 11 is 0. The molecule has 0 aliphatic rings. The van der Waals surface area contributed by atoms with Gasteiger partial charge in [-0.25, -0.2) is 0 Å². The molecule has 0 fully saturated rings. The second-order valence-electron chi connectivity index (χ2n) is 8.05. The third-order valence-electron chi connectivity index (χ3n) is 5.46. The normalized spacial score (nSPS) is 11.2. The molecule has 0 heterocycles. The van der Waals surface area contributed by atoms with Gasteiger partial charge in [-0.1, -0.05) is 95.4 Å². The molecule has 0 saturated carbocycles. The molecular weight excluding hydrogens is 435 g/mol. The minimum Gasteiger partial charge on any atom is -0.869 e. The molecule has 0 radical (unpaired) electrons. The predicted octanol–water partition coefficient (Wildman–Crippen LogP) is 3.66. The molecule has 1 N–H and O–H groups in total. The van der Waals surface area contributed by atoms with E-state index >= 15 is 0 Å². The quantitative estimate of drug-likeness (QED) is 0.244. The van der Waals surface area contributed by atoms with Crippen molar-refractivity contribution in [3.8, 4) is 17.2 Å². The van der Waals surface area contributed by atoms with Gasteiger partial charge in [-0.15, -0.1) is 0 Å². The van der Waals surface area contributed by atoms with E-state index in [2.05, 4.69) is 6.92 Å². The van der Waals surface area contributed by atoms with Crippen molar-refractivity contribution in [2.24, 2.45) is 0 Å². The van der Waals surface area contributed by atoms with Crippen molar-refractivity contribution in [3.05, 3.63) is 48.0 Å². The fourth-order valence-corrected chi connectivity index (χ4v) is 4.27. The zero-order valence-electron chi connectivity index (χ0n) is 19.5. The van der Waals surface area contributed by atoms with E-state index in [4.69, 9.17) is 4.74 Å². The van der Waals surface area contributed by atoms with Crippen LogP contribution in [0.25, 0.3) is 0 Å². The van der Waals surface area contributed by atoms with E-state index in [0.29, 0.717) is 5.75 Å². The maximum atomic E-state index is 12.3. The number of benzene rings is 2. The Hall–Kier alpha value is -1.05. The van der Waals surface area contributed by atoms with Gasteiger partial charge < -0.3 is 9.84 Å². The van der Waals surface area contributed by atoms with Crippen LogP contribution >= 0.6 is 0 Å². The van der Waals surface area contributed by atoms with Gasteiger partial charge in [0.05, 0.1) is 4.90 Å². The molecule has 0 bridgehead atoms. The van der Waals surface area contributed by atoms with Crippen LogP contribution in [0.2, 0.25) is 0 Å². The van der Waals surface area contributed by atoms with Crippen molar-refractivity contribution >= 4 is 10.1 Å². The number of hydrogen-bond donors (Lipinski definition) is 1. The Bertz CT molecular complexity index is 899. The van der Waals surface area contributed by atoms with Crippen LogP contribution in [0.3, 0.4) is 0 Å². The number of ether oxygens (including phenoxy) is 1. The zero-order chi connectivity index (χ0) is 22.5. The van der Waals surface area contributed by atoms with Gasteiger partial charge in [-0.05, 0) is 42.4 Å². The Morgan fingerprint density at radius 2 is 1.31 bits per heavy atom. The standard InChI is InChI=1S/C25H36O5S.Na/c1-2-3-4-5-6-7-8-9-10-11-12-16-21-17-13-14-18-22(21)30-23-19-15-20-24(25(23)26)31(27,28)29;/h13-15,17-20,26H,2-12,16H2,1H3,(H,27,28,29);/q;+1/p-1. The van der Waals surface area contributed by atoms with Crippen LogP contribution in [-0.2, 0) is 16.5 Å². The Morgan fingerprint density at radius 3 is 1.91 bits per heavy atom. The van der Waals surface area contributed by atoms with Gasteiger partial charge in [0.1, 0.15) is 11.5 Å². The largest absolute Gasteiger partial charge is 1.00 e. The predicted molar refractivity (Wildman–Crippen MR) is 122 cm³/mol. The summed E-state index contributed by atoms with van der Waals surface area (Å²) in [6.07, 6.45) is 14.9. The van der Waals surface area contributed by atoms with Crippen molar-refractivity contribution in [3.63, 3.8) is 0 Å². The second kappa shape index (κ2) is 15.7. The van der Waals surface area contributed by atoms with E-state index in [0.717, 1.165) is 30.9 Å². The van der Waals surface area contributed by atoms with Gasteiger partial charge in [-0.3, -0.25) is 4.55 Å². The molecule has 2 aromatic carbocycles. The fourth-order valence-electron chi connectivity index (χ4n) is 3.69. The van der Waals surface area contributed by atoms with Gasteiger partial charge in [0.25, 0.3) is 10.1 Å². The summed E-state index contributed by atoms with van der Waals surface area (Å²) < 4.78 is 37.6. The Balaban J connectivity index is 0.00000512. The number of unbranched alkanes of at least 4 members (excludes halogenated alkanes) is 10. The first-order valence-corrected chi connectivity index (χ1v) is 12.9. The van der Waals surface area contributed by atoms with E-state index in [-0.39, 0.29) is 35.3 Å². The molecule has 0 aliphatic carbocycles. The first-order chi connectivity index (χ1) is 14.9. The van der Waals surface area contributed by atoms with E-state index < -0.39 is 20.8 Å². The molecule has 0 atom stereocenters. The maximum absolute atomic E-state index is 12.3. The summed E-state index contributed by atoms with van der Waals surface area (Å²) in [7, 11) is -4.58. The van der Waals surface area contributed by atoms with Crippen LogP contribution < -0.4 is 39.4 Å². The van der Waals surface area contributed by atoms with Crippen molar-refractivity contribution in [1.29, 1.82) is 0 Å². The Kier molecular flexibility index (Phi) is 14.2. The van der Waals surface area contributed by atoms with Gasteiger partial charge in [0.15, 0.2) is 0 Å². The van der Waals surface area contributed by atoms with Crippen LogP contribution in [0.5, 0.6) is 17.2 Å². The van der Waals surface area contributed by atoms with Crippen LogP contribution in [-0.4, -0.2) is 13.0 Å². The molecule has 0 aromatic heterocycles. The van der Waals surface area contributed by atoms with E-state index in [1.807, 2.05) is 18.2 Å². The summed E-state index contributed by atoms with van der Waals surface area (Å²) in [6, 6.07) is 11.3. The monoisotopic (exact) mass is 470 g/mol. The molecule has 0 unspecified atom stereocenters. The van der Waals surface area contributed by atoms with Crippen LogP contribution in [0.1, 0.15) is 83.1 Å². The molecule has 0 saturated heterocycles. The third kappa shape index (κ3) is 10.3. The molecule has 2 rings (SSSR count). The zero-order valence-corrected chi connectivity index (χ0v) is 22.3. The number of rotatable bonds is 15. The summed E-state index contributed by atoms with van der Waals surface area (Å²) in [5, 5.41) is 12.3. The van der Waals surface area contributed by atoms with Gasteiger partial charge in [0.2, 0.25) is 0 Å². The van der Waals surface area contributed by atoms with E-state index in [1.165, 1.54) is 69.9 Å². The van der Waals surface area contributed by atoms with E-state index in [9.17, 15) is 18.1 Å². The number of aryl methyl sites for hydroxylation is 1. The Morgan fingerprint density at radius 1 is 0.781 bits per heavy atom. The third-order valence-corrected chi connectivity index (χ3v) is 6.34. The summed E-state index contributed by atoms with van der Waals surface area (Å²) in [5.74, 6) is -0.407. The van der Waals surface area contributed by atoms with Crippen LogP contribution in [0.4, 0.5) is 0 Å². The topological polar surface area (TPSA) is 86.7 Å². The maximum Gasteiger partial charge on any atom is 1.00 e. The fraction of sp³-hybridized carbons (Fsp3) is 0.520. The minimum atomic E-state index is -4.58. The van der Waals surface area contributed by atoms with Crippen molar-refractivity contribution in [2.45, 2.75) is 88.9 Å². The van der Waals surface area contributed by atoms with Gasteiger partial charge in [-0.2, -0.15) is 8.42 Å². The molecule has 172 valence electrons. The first kappa shape index (κ1) is 29.0. The molecule has 2 aromatic rings. The van der Waals surface area contributed by atoms with Crippen LogP contribution in [0.15, 0.2) is 47.4 Å². The molecule has 7 heteroatoms. The van der Waals surface area contributed by atoms with Gasteiger partial charge in [0, 0.05) is 0 Å². The summed E-state index contributed by atoms with van der Waals surface area (Å²) in [6.45, 7) is 2.24. The first-order valence-electron chi connectivity index (χ1n) is 11.5. The average Bonchev–Trinajstić information content (AvgIpc) is 2.73. The average molecular weight is 471 g/mol. The van der Waals surface area contributed by atoms with E-state index in [1.54, 1.807) is 6.07 Å². The molecule has 0 amide bonds. The molecular formula is C25H35NaO5S. The molecule has 0 spiro atoms. The Labute approximate surface area is 215 Å². The molecule has 0 aliphatic heterocycles. The molecule has 5 nitrogen and oxygen atoms in total. The van der Waals surface area contributed by atoms with Crippen LogP contribution in [0, 0.1) is 0 Å². The second-order valence-corrected chi connectivity index (χ2v) is 9.44. The number of hydrogen-bond acceptors (Lipinski definition) is 4. The summed E-state index contributed by atoms with van der Waals surface area (Å²) in [4.78, 5) is -0.673. The van der Waals surface area contributed by atoms with Crippen molar-refractivity contribution in [2.75, 3.05) is 0 Å². The van der Waals surface area contributed by atoms with Crippen molar-refractivity contribution in [1.82, 2.24) is 0 Å². The SMILES string of the molecule is CCCCCCCCCCCCCc1ccccc1Oc1cccc(S(=O)(=O)O)c1[O-].[Na+]. The minimum absolute atomic E-state index is 0. The molecule has 32 heavy (non-hydrogen) atoms. The number of para-hydroxylation sites is 2. The smallest absolute Gasteiger partial charge is 0.869 e. The summed E-state index contributed by atoms with van der Waals surface area (Å²) in [5.41, 5.74) is 0.982. The van der Waals surface area contributed by atoms with Crippen molar-refractivity contribution < 1.29 is 52.4 Å². The van der Waals surface area contributed by atoms with Gasteiger partial charge >= 0.3 is 29.6 Å².